The van der Waals surface area contributed by atoms with Gasteiger partial charge in [-0.3, -0.25) is 4.79 Å². The van der Waals surface area contributed by atoms with Gasteiger partial charge in [-0.05, 0) is 17.7 Å². The number of anilines is 1. The largest absolute Gasteiger partial charge is 0.476 e. The Morgan fingerprint density at radius 2 is 2.19 bits per heavy atom. The van der Waals surface area contributed by atoms with E-state index >= 15 is 0 Å². The van der Waals surface area contributed by atoms with E-state index in [1.807, 2.05) is 6.07 Å². The molecule has 0 saturated heterocycles. The Bertz CT molecular complexity index is 651. The number of hydrogen-bond donors (Lipinski definition) is 3. The summed E-state index contributed by atoms with van der Waals surface area (Å²) in [6, 6.07) is 7.16. The quantitative estimate of drug-likeness (QED) is 0.671. The van der Waals surface area contributed by atoms with Crippen molar-refractivity contribution >= 4 is 17.6 Å². The molecule has 2 aromatic rings. The van der Waals surface area contributed by atoms with E-state index in [1.165, 1.54) is 12.5 Å². The summed E-state index contributed by atoms with van der Waals surface area (Å²) in [5.41, 5.74) is 7.11. The first-order valence-corrected chi connectivity index (χ1v) is 6.41. The van der Waals surface area contributed by atoms with Gasteiger partial charge >= 0.3 is 5.97 Å². The maximum Gasteiger partial charge on any atom is 0.356 e. The molecule has 1 amide bonds. The molecule has 1 aromatic heterocycles. The van der Waals surface area contributed by atoms with E-state index in [2.05, 4.69) is 10.3 Å². The van der Waals surface area contributed by atoms with Crippen LogP contribution in [0.15, 0.2) is 36.8 Å². The van der Waals surface area contributed by atoms with Gasteiger partial charge in [-0.25, -0.2) is 9.78 Å². The molecular formula is C14H16N4O3. The molecule has 1 heterocycles. The highest BCUT2D eigenvalue weighted by molar-refractivity contribution is 5.84. The number of carboxylic acids is 1. The zero-order valence-corrected chi connectivity index (χ0v) is 11.3. The first-order chi connectivity index (χ1) is 10.0. The Labute approximate surface area is 121 Å². The first kappa shape index (κ1) is 14.6. The summed E-state index contributed by atoms with van der Waals surface area (Å²) in [6.45, 7) is 0.861. The molecule has 0 saturated carbocycles. The number of aromatic nitrogens is 2. The molecule has 4 N–H and O–H groups in total. The number of rotatable bonds is 6. The van der Waals surface area contributed by atoms with Crippen molar-refractivity contribution < 1.29 is 14.7 Å². The molecule has 0 bridgehead atoms. The van der Waals surface area contributed by atoms with Crippen LogP contribution >= 0.6 is 0 Å². The Balaban J connectivity index is 1.77. The Morgan fingerprint density at radius 1 is 1.38 bits per heavy atom. The fourth-order valence-corrected chi connectivity index (χ4v) is 1.87. The summed E-state index contributed by atoms with van der Waals surface area (Å²) in [6.07, 6.45) is 3.11. The van der Waals surface area contributed by atoms with E-state index in [4.69, 9.17) is 10.8 Å². The summed E-state index contributed by atoms with van der Waals surface area (Å²) >= 11 is 0. The van der Waals surface area contributed by atoms with Crippen LogP contribution in [-0.2, 0) is 17.8 Å². The number of nitrogens with zero attached hydrogens (tertiary/aromatic N) is 2. The van der Waals surface area contributed by atoms with Crippen molar-refractivity contribution in [2.45, 2.75) is 13.0 Å². The van der Waals surface area contributed by atoms with Crippen LogP contribution in [0, 0.1) is 0 Å². The number of amides is 1. The lowest BCUT2D eigenvalue weighted by molar-refractivity contribution is -0.120. The van der Waals surface area contributed by atoms with Crippen molar-refractivity contribution in [3.05, 3.63) is 48.0 Å². The van der Waals surface area contributed by atoms with Gasteiger partial charge in [0.2, 0.25) is 5.91 Å². The number of imidazole rings is 1. The maximum absolute atomic E-state index is 11.8. The number of benzene rings is 1. The Morgan fingerprint density at radius 3 is 2.86 bits per heavy atom. The van der Waals surface area contributed by atoms with Gasteiger partial charge in [-0.15, -0.1) is 0 Å². The summed E-state index contributed by atoms with van der Waals surface area (Å²) in [4.78, 5) is 26.2. The van der Waals surface area contributed by atoms with E-state index in [9.17, 15) is 9.59 Å². The zero-order valence-electron chi connectivity index (χ0n) is 11.3. The van der Waals surface area contributed by atoms with E-state index < -0.39 is 5.97 Å². The molecular weight excluding hydrogens is 272 g/mol. The SMILES string of the molecule is Nc1cccc(CC(=O)NCCn2cnc(C(=O)O)c2)c1. The number of hydrogen-bond acceptors (Lipinski definition) is 4. The van der Waals surface area contributed by atoms with Crippen molar-refractivity contribution in [3.8, 4) is 0 Å². The third-order valence-electron chi connectivity index (χ3n) is 2.86. The average molecular weight is 288 g/mol. The summed E-state index contributed by atoms with van der Waals surface area (Å²) in [7, 11) is 0. The molecule has 0 aliphatic rings. The minimum absolute atomic E-state index is 0.0129. The molecule has 2 rings (SSSR count). The smallest absolute Gasteiger partial charge is 0.356 e. The number of nitrogens with two attached hydrogens (primary N) is 1. The van der Waals surface area contributed by atoms with Crippen LogP contribution in [0.2, 0.25) is 0 Å². The monoisotopic (exact) mass is 288 g/mol. The molecule has 0 unspecified atom stereocenters. The molecule has 0 spiro atoms. The molecule has 0 aliphatic carbocycles. The lowest BCUT2D eigenvalue weighted by Crippen LogP contribution is -2.28. The zero-order chi connectivity index (χ0) is 15.2. The molecule has 0 radical (unpaired) electrons. The van der Waals surface area contributed by atoms with Crippen molar-refractivity contribution in [2.75, 3.05) is 12.3 Å². The van der Waals surface area contributed by atoms with Crippen molar-refractivity contribution in [3.63, 3.8) is 0 Å². The van der Waals surface area contributed by atoms with Crippen LogP contribution in [0.25, 0.3) is 0 Å². The van der Waals surface area contributed by atoms with Gasteiger partial charge in [0.1, 0.15) is 0 Å². The van der Waals surface area contributed by atoms with Gasteiger partial charge in [0, 0.05) is 25.0 Å². The normalized spacial score (nSPS) is 10.3. The van der Waals surface area contributed by atoms with Crippen LogP contribution in [0.4, 0.5) is 5.69 Å². The highest BCUT2D eigenvalue weighted by Crippen LogP contribution is 2.06. The van der Waals surface area contributed by atoms with Gasteiger partial charge in [-0.2, -0.15) is 0 Å². The van der Waals surface area contributed by atoms with Gasteiger partial charge in [-0.1, -0.05) is 12.1 Å². The van der Waals surface area contributed by atoms with Crippen LogP contribution in [-0.4, -0.2) is 33.1 Å². The second kappa shape index (κ2) is 6.56. The minimum atomic E-state index is -1.07. The number of carbonyl (C=O) groups is 2. The van der Waals surface area contributed by atoms with Gasteiger partial charge in [0.05, 0.1) is 12.7 Å². The number of nitrogens with one attached hydrogen (secondary N) is 1. The fourth-order valence-electron chi connectivity index (χ4n) is 1.87. The molecule has 110 valence electrons. The van der Waals surface area contributed by atoms with Crippen LogP contribution in [0.5, 0.6) is 0 Å². The van der Waals surface area contributed by atoms with E-state index in [-0.39, 0.29) is 18.0 Å². The van der Waals surface area contributed by atoms with E-state index in [1.54, 1.807) is 22.8 Å². The predicted molar refractivity (Wildman–Crippen MR) is 76.8 cm³/mol. The summed E-state index contributed by atoms with van der Waals surface area (Å²) in [5.74, 6) is -1.18. The number of carbonyl (C=O) groups excluding carboxylic acids is 1. The van der Waals surface area contributed by atoms with Crippen LogP contribution in [0.3, 0.4) is 0 Å². The first-order valence-electron chi connectivity index (χ1n) is 6.41. The molecule has 0 aliphatic heterocycles. The summed E-state index contributed by atoms with van der Waals surface area (Å²) in [5, 5.41) is 11.5. The van der Waals surface area contributed by atoms with Crippen molar-refractivity contribution in [1.82, 2.24) is 14.9 Å². The predicted octanol–water partition coefficient (Wildman–Crippen LogP) is 0.522. The van der Waals surface area contributed by atoms with Crippen LogP contribution < -0.4 is 11.1 Å². The molecule has 7 nitrogen and oxygen atoms in total. The number of aromatic carboxylic acids is 1. The molecule has 7 heteroatoms. The number of carboxylic acid groups (broad SMARTS) is 1. The van der Waals surface area contributed by atoms with E-state index in [0.717, 1.165) is 5.56 Å². The molecule has 0 fully saturated rings. The fraction of sp³-hybridized carbons (Fsp3) is 0.214. The van der Waals surface area contributed by atoms with Gasteiger partial charge < -0.3 is 20.7 Å². The van der Waals surface area contributed by atoms with Gasteiger partial charge in [0.15, 0.2) is 5.69 Å². The number of nitrogen functional groups attached to an aromatic ring is 1. The molecule has 0 atom stereocenters. The van der Waals surface area contributed by atoms with Gasteiger partial charge in [0.25, 0.3) is 0 Å². The maximum atomic E-state index is 11.8. The second-order valence-corrected chi connectivity index (χ2v) is 4.57. The van der Waals surface area contributed by atoms with Crippen molar-refractivity contribution in [1.29, 1.82) is 0 Å². The molecule has 21 heavy (non-hydrogen) atoms. The lowest BCUT2D eigenvalue weighted by atomic mass is 10.1. The second-order valence-electron chi connectivity index (χ2n) is 4.57. The lowest BCUT2D eigenvalue weighted by Gasteiger charge is -2.06. The highest BCUT2D eigenvalue weighted by Gasteiger charge is 2.07. The standard InChI is InChI=1S/C14H16N4O3/c15-11-3-1-2-10(6-11)7-13(19)16-4-5-18-8-12(14(20)21)17-9-18/h1-3,6,8-9H,4-5,7,15H2,(H,16,19)(H,20,21). The molecule has 1 aromatic carbocycles. The van der Waals surface area contributed by atoms with Crippen molar-refractivity contribution in [2.24, 2.45) is 0 Å². The topological polar surface area (TPSA) is 110 Å². The Hall–Kier alpha value is -2.83. The highest BCUT2D eigenvalue weighted by atomic mass is 16.4. The summed E-state index contributed by atoms with van der Waals surface area (Å²) < 4.78 is 1.62. The minimum Gasteiger partial charge on any atom is -0.476 e. The average Bonchev–Trinajstić information content (AvgIpc) is 2.87. The Kier molecular flexibility index (Phi) is 4.55. The van der Waals surface area contributed by atoms with E-state index in [0.29, 0.717) is 18.8 Å². The third kappa shape index (κ3) is 4.34. The third-order valence-corrected chi connectivity index (χ3v) is 2.86. The van der Waals surface area contributed by atoms with Crippen LogP contribution in [0.1, 0.15) is 16.1 Å².